The Morgan fingerprint density at radius 3 is 2.27 bits per heavy atom. The molecule has 1 aromatic rings. The topological polar surface area (TPSA) is 53.5 Å². The Hall–Kier alpha value is -1.49. The molecule has 1 amide bonds. The van der Waals surface area contributed by atoms with E-state index in [1.165, 1.54) is 51.4 Å². The molecule has 26 heavy (non-hydrogen) atoms. The second-order valence-corrected chi connectivity index (χ2v) is 9.65. The van der Waals surface area contributed by atoms with Crippen molar-refractivity contribution in [1.29, 1.82) is 0 Å². The van der Waals surface area contributed by atoms with E-state index < -0.39 is 0 Å². The Balaban J connectivity index is 1.64. The molecule has 0 aromatic heterocycles. The van der Waals surface area contributed by atoms with Gasteiger partial charge in [-0.1, -0.05) is 43.9 Å². The number of amides is 1. The molecule has 0 bridgehead atoms. The van der Waals surface area contributed by atoms with Gasteiger partial charge in [0.2, 0.25) is 0 Å². The van der Waals surface area contributed by atoms with E-state index in [9.17, 15) is 4.79 Å². The van der Waals surface area contributed by atoms with Crippen molar-refractivity contribution in [2.75, 3.05) is 5.75 Å². The zero-order chi connectivity index (χ0) is 18.0. The first-order valence-electron chi connectivity index (χ1n) is 10.2. The molecule has 1 saturated carbocycles. The van der Waals surface area contributed by atoms with Gasteiger partial charge in [-0.25, -0.2) is 15.2 Å². The van der Waals surface area contributed by atoms with Crippen LogP contribution in [-0.4, -0.2) is 22.1 Å². The number of nitrogens with one attached hydrogen (secondary N) is 2. The van der Waals surface area contributed by atoms with E-state index in [1.54, 1.807) is 0 Å². The number of nitrogens with zero attached hydrogens (tertiary/aromatic N) is 1. The highest BCUT2D eigenvalue weighted by molar-refractivity contribution is 8.11. The minimum absolute atomic E-state index is 0.171. The number of para-hydroxylation sites is 1. The highest BCUT2D eigenvalue weighted by Crippen LogP contribution is 2.26. The number of carbonyl (C=O) groups excluding carboxylic acids is 1. The third-order valence-electron chi connectivity index (χ3n) is 5.30. The number of carbonyl (C=O) groups is 1. The van der Waals surface area contributed by atoms with Gasteiger partial charge in [0.1, 0.15) is 16.8 Å². The Labute approximate surface area is 160 Å². The van der Waals surface area contributed by atoms with Crippen LogP contribution < -0.4 is 10.9 Å². The smallest absolute Gasteiger partial charge is 0.282 e. The Bertz CT molecular complexity index is 580. The number of rotatable bonds is 2. The zero-order valence-electron chi connectivity index (χ0n) is 15.7. The van der Waals surface area contributed by atoms with Crippen LogP contribution in [0.25, 0.3) is 0 Å². The lowest BCUT2D eigenvalue weighted by molar-refractivity contribution is 0.258. The molecule has 1 unspecified atom stereocenters. The van der Waals surface area contributed by atoms with E-state index in [-0.39, 0.29) is 16.1 Å². The average molecular weight is 375 g/mol. The van der Waals surface area contributed by atoms with Crippen LogP contribution in [0, 0.1) is 0 Å². The van der Waals surface area contributed by atoms with Crippen LogP contribution >= 0.6 is 0 Å². The summed E-state index contributed by atoms with van der Waals surface area (Å²) in [4.78, 5) is 17.6. The molecule has 4 nitrogen and oxygen atoms in total. The van der Waals surface area contributed by atoms with Gasteiger partial charge in [0.25, 0.3) is 0 Å². The molecule has 1 aliphatic heterocycles. The van der Waals surface area contributed by atoms with Gasteiger partial charge in [-0.2, -0.15) is 0 Å². The van der Waals surface area contributed by atoms with Gasteiger partial charge >= 0.3 is 5.24 Å². The van der Waals surface area contributed by atoms with Crippen LogP contribution in [0.5, 0.6) is 0 Å². The molecule has 2 N–H and O–H groups in total. The van der Waals surface area contributed by atoms with Gasteiger partial charge in [-0.15, -0.1) is 0 Å². The highest BCUT2D eigenvalue weighted by Gasteiger charge is 2.38. The molecule has 1 heterocycles. The maximum Gasteiger partial charge on any atom is 0.447 e. The summed E-state index contributed by atoms with van der Waals surface area (Å²) in [5.41, 5.74) is 7.04. The molecule has 142 valence electrons. The third kappa shape index (κ3) is 6.04. The lowest BCUT2D eigenvalue weighted by atomic mass is 10.1. The van der Waals surface area contributed by atoms with Crippen molar-refractivity contribution in [2.45, 2.75) is 75.9 Å². The molecule has 1 aliphatic carbocycles. The quantitative estimate of drug-likeness (QED) is 0.696. The fourth-order valence-corrected chi connectivity index (χ4v) is 6.26. The monoisotopic (exact) mass is 374 g/mol. The Morgan fingerprint density at radius 1 is 0.846 bits per heavy atom. The van der Waals surface area contributed by atoms with Crippen LogP contribution in [0.4, 0.5) is 10.5 Å². The van der Waals surface area contributed by atoms with E-state index >= 15 is 0 Å². The van der Waals surface area contributed by atoms with E-state index in [0.717, 1.165) is 36.5 Å². The van der Waals surface area contributed by atoms with Gasteiger partial charge in [0.15, 0.2) is 0 Å². The number of aliphatic imine (C=N–C) groups is 1. The molecule has 3 rings (SSSR count). The standard InChI is InChI=1S/C21H31N3OS/c25-21-24-23-20(22-18-12-6-5-7-13-18)16-10-11-17-26(21)19-14-8-3-1-2-4-9-15-19/h5-7,12-13,19H,1-4,8-11,14-17H2,(H-,22,23,24,25)/p+1. The summed E-state index contributed by atoms with van der Waals surface area (Å²) in [6.07, 6.45) is 13.5. The molecule has 0 radical (unpaired) electrons. The van der Waals surface area contributed by atoms with Crippen molar-refractivity contribution in [1.82, 2.24) is 10.9 Å². The molecule has 5 heteroatoms. The van der Waals surface area contributed by atoms with Gasteiger partial charge in [0.05, 0.1) is 16.6 Å². The average Bonchev–Trinajstić information content (AvgIpc) is 2.85. The van der Waals surface area contributed by atoms with Crippen molar-refractivity contribution < 1.29 is 4.79 Å². The molecule has 2 fully saturated rings. The summed E-state index contributed by atoms with van der Waals surface area (Å²) in [5, 5.41) is 0.763. The first-order valence-corrected chi connectivity index (χ1v) is 11.7. The van der Waals surface area contributed by atoms with Gasteiger partial charge in [-0.3, -0.25) is 5.43 Å². The fraction of sp³-hybridized carbons (Fsp3) is 0.619. The number of amidine groups is 1. The maximum atomic E-state index is 12.9. The lowest BCUT2D eigenvalue weighted by Crippen LogP contribution is -2.46. The van der Waals surface area contributed by atoms with Gasteiger partial charge in [0, 0.05) is 6.42 Å². The van der Waals surface area contributed by atoms with Gasteiger partial charge < -0.3 is 0 Å². The van der Waals surface area contributed by atoms with Crippen LogP contribution in [0.3, 0.4) is 0 Å². The zero-order valence-corrected chi connectivity index (χ0v) is 16.5. The molecule has 1 atom stereocenters. The summed E-state index contributed by atoms with van der Waals surface area (Å²) in [6.45, 7) is 0. The predicted octanol–water partition coefficient (Wildman–Crippen LogP) is 5.24. The summed E-state index contributed by atoms with van der Waals surface area (Å²) in [6, 6.07) is 9.95. The van der Waals surface area contributed by atoms with Crippen molar-refractivity contribution in [3.63, 3.8) is 0 Å². The molecule has 0 spiro atoms. The number of hydrogen-bond acceptors (Lipinski definition) is 2. The Kier molecular flexibility index (Phi) is 7.87. The summed E-state index contributed by atoms with van der Waals surface area (Å²) < 4.78 is 0. The third-order valence-corrected chi connectivity index (χ3v) is 7.88. The maximum absolute atomic E-state index is 12.9. The van der Waals surface area contributed by atoms with Crippen LogP contribution in [0.15, 0.2) is 35.3 Å². The second kappa shape index (κ2) is 10.6. The van der Waals surface area contributed by atoms with Crippen molar-refractivity contribution in [3.05, 3.63) is 30.3 Å². The molecule has 1 aromatic carbocycles. The molecule has 2 aliphatic rings. The van der Waals surface area contributed by atoms with E-state index in [1.807, 2.05) is 30.3 Å². The summed E-state index contributed by atoms with van der Waals surface area (Å²) in [7, 11) is -0.171. The predicted molar refractivity (Wildman–Crippen MR) is 112 cm³/mol. The first-order chi connectivity index (χ1) is 12.8. The van der Waals surface area contributed by atoms with Crippen molar-refractivity contribution in [2.24, 2.45) is 4.99 Å². The minimum Gasteiger partial charge on any atom is -0.282 e. The Morgan fingerprint density at radius 2 is 1.54 bits per heavy atom. The van der Waals surface area contributed by atoms with Crippen molar-refractivity contribution >= 4 is 27.7 Å². The normalized spacial score (nSPS) is 25.6. The van der Waals surface area contributed by atoms with E-state index in [0.29, 0.717) is 5.25 Å². The lowest BCUT2D eigenvalue weighted by Gasteiger charge is -2.17. The number of hydrogen-bond donors (Lipinski definition) is 2. The molecule has 1 saturated heterocycles. The SMILES string of the molecule is O=C1NNC(=Nc2ccccc2)CCCC[S+]1C1CCCCCCCC1. The van der Waals surface area contributed by atoms with Gasteiger partial charge in [-0.05, 0) is 50.7 Å². The van der Waals surface area contributed by atoms with E-state index in [4.69, 9.17) is 0 Å². The van der Waals surface area contributed by atoms with Crippen LogP contribution in [0.2, 0.25) is 0 Å². The number of benzene rings is 1. The summed E-state index contributed by atoms with van der Waals surface area (Å²) in [5.74, 6) is 1.90. The van der Waals surface area contributed by atoms with Crippen molar-refractivity contribution in [3.8, 4) is 0 Å². The molecular weight excluding hydrogens is 342 g/mol. The molecular formula is C21H32N3OS+. The first kappa shape index (κ1) is 19.3. The van der Waals surface area contributed by atoms with Crippen LogP contribution in [0.1, 0.15) is 70.6 Å². The van der Waals surface area contributed by atoms with Crippen LogP contribution in [-0.2, 0) is 10.9 Å². The summed E-state index contributed by atoms with van der Waals surface area (Å²) >= 11 is 0. The highest BCUT2D eigenvalue weighted by atomic mass is 32.2. The number of hydrazine groups is 1. The van der Waals surface area contributed by atoms with E-state index in [2.05, 4.69) is 15.8 Å². The fourth-order valence-electron chi connectivity index (χ4n) is 3.83. The minimum atomic E-state index is -0.171. The second-order valence-electron chi connectivity index (χ2n) is 7.34. The largest absolute Gasteiger partial charge is 0.447 e.